The Labute approximate surface area is 231 Å². The van der Waals surface area contributed by atoms with Crippen molar-refractivity contribution in [3.05, 3.63) is 63.9 Å². The molecule has 2 heterocycles. The number of alkyl halides is 5. The van der Waals surface area contributed by atoms with Crippen molar-refractivity contribution in [1.29, 1.82) is 0 Å². The normalized spacial score (nSPS) is 11.1. The van der Waals surface area contributed by atoms with E-state index >= 15 is 0 Å². The maximum atomic E-state index is 13.4. The summed E-state index contributed by atoms with van der Waals surface area (Å²) in [5.74, 6) is 3.00. The molecule has 0 atom stereocenters. The second kappa shape index (κ2) is 19.4. The number of nitrogens with one attached hydrogen (secondary N) is 1. The summed E-state index contributed by atoms with van der Waals surface area (Å²) in [4.78, 5) is 9.93. The van der Waals surface area contributed by atoms with Crippen molar-refractivity contribution >= 4 is 51.3 Å². The van der Waals surface area contributed by atoms with Crippen LogP contribution in [0.1, 0.15) is 43.3 Å². The van der Waals surface area contributed by atoms with Crippen molar-refractivity contribution < 1.29 is 13.2 Å². The van der Waals surface area contributed by atoms with Crippen molar-refractivity contribution in [1.82, 2.24) is 14.9 Å². The van der Waals surface area contributed by atoms with Crippen LogP contribution in [0.25, 0.3) is 0 Å². The van der Waals surface area contributed by atoms with E-state index < -0.39 is 11.9 Å². The van der Waals surface area contributed by atoms with Gasteiger partial charge in [0.1, 0.15) is 0 Å². The molecular weight excluding hydrogens is 552 g/mol. The van der Waals surface area contributed by atoms with Gasteiger partial charge in [-0.25, -0.2) is 4.98 Å². The van der Waals surface area contributed by atoms with Crippen LogP contribution in [-0.4, -0.2) is 39.7 Å². The van der Waals surface area contributed by atoms with Crippen molar-refractivity contribution in [2.75, 3.05) is 30.2 Å². The Morgan fingerprint density at radius 2 is 1.89 bits per heavy atom. The lowest BCUT2D eigenvalue weighted by Crippen LogP contribution is -2.24. The van der Waals surface area contributed by atoms with Crippen LogP contribution in [0.5, 0.6) is 0 Å². The first kappa shape index (κ1) is 34.2. The van der Waals surface area contributed by atoms with E-state index in [1.54, 1.807) is 32.3 Å². The van der Waals surface area contributed by atoms with E-state index in [1.165, 1.54) is 0 Å². The van der Waals surface area contributed by atoms with E-state index in [0.717, 1.165) is 28.4 Å². The molecule has 2 aromatic heterocycles. The number of allylic oxidation sites excluding steroid dienone is 2. The largest absolute Gasteiger partial charge is 0.434 e. The lowest BCUT2D eigenvalue weighted by atomic mass is 10.2. The number of aromatic nitrogens is 2. The molecule has 200 valence electrons. The quantitative estimate of drug-likeness (QED) is 0.165. The first-order valence-electron chi connectivity index (χ1n) is 10.9. The lowest BCUT2D eigenvalue weighted by Gasteiger charge is -2.21. The van der Waals surface area contributed by atoms with Gasteiger partial charge in [0, 0.05) is 48.8 Å². The van der Waals surface area contributed by atoms with Gasteiger partial charge in [-0.2, -0.15) is 13.2 Å². The second-order valence-corrected chi connectivity index (χ2v) is 9.58. The summed E-state index contributed by atoms with van der Waals surface area (Å²) in [7, 11) is 0. The molecule has 0 aromatic carbocycles. The minimum atomic E-state index is -4.50. The first-order chi connectivity index (χ1) is 17.0. The van der Waals surface area contributed by atoms with Crippen molar-refractivity contribution in [2.45, 2.75) is 46.5 Å². The highest BCUT2D eigenvalue weighted by atomic mass is 35.5. The molecular formula is C25H32Cl3F3N4S. The maximum absolute atomic E-state index is 13.4. The van der Waals surface area contributed by atoms with E-state index in [2.05, 4.69) is 34.2 Å². The van der Waals surface area contributed by atoms with E-state index in [0.29, 0.717) is 31.1 Å². The Hall–Kier alpha value is -1.76. The van der Waals surface area contributed by atoms with Crippen LogP contribution in [-0.2, 0) is 19.3 Å². The highest BCUT2D eigenvalue weighted by Crippen LogP contribution is 2.37. The predicted octanol–water partition coefficient (Wildman–Crippen LogP) is 8.18. The average molecular weight is 584 g/mol. The predicted molar refractivity (Wildman–Crippen MR) is 149 cm³/mol. The minimum Gasteiger partial charge on any atom is -0.358 e. The third-order valence-corrected chi connectivity index (χ3v) is 5.75. The Bertz CT molecular complexity index is 954. The summed E-state index contributed by atoms with van der Waals surface area (Å²) in [6.07, 6.45) is 6.04. The Kier molecular flexibility index (Phi) is 18.4. The van der Waals surface area contributed by atoms with Crippen LogP contribution in [0.15, 0.2) is 47.8 Å². The highest BCUT2D eigenvalue weighted by molar-refractivity contribution is 7.15. The molecule has 0 bridgehead atoms. The fourth-order valence-electron chi connectivity index (χ4n) is 2.59. The number of hydrogen-bond donors (Lipinski definition) is 1. The monoisotopic (exact) mass is 582 g/mol. The number of nitrogens with zero attached hydrogens (tertiary/aromatic N) is 3. The molecule has 0 fully saturated rings. The SMILES string of the molecule is C#CC.C/C(Cl)=C\CCl.C=C(CCl)CNc1nc(C(F)(F)F)c(CN(CCC)Cc2ccncc2)s1. The average Bonchev–Trinajstić information content (AvgIpc) is 3.22. The molecule has 11 heteroatoms. The fourth-order valence-corrected chi connectivity index (χ4v) is 4.09. The molecule has 0 spiro atoms. The third-order valence-electron chi connectivity index (χ3n) is 4.07. The van der Waals surface area contributed by atoms with Crippen molar-refractivity contribution in [3.63, 3.8) is 0 Å². The molecule has 0 amide bonds. The molecule has 2 aromatic rings. The van der Waals surface area contributed by atoms with Crippen LogP contribution in [0.3, 0.4) is 0 Å². The molecule has 0 aliphatic heterocycles. The Balaban J connectivity index is 0.00000117. The van der Waals surface area contributed by atoms with Crippen molar-refractivity contribution in [3.8, 4) is 12.3 Å². The van der Waals surface area contributed by atoms with Crippen molar-refractivity contribution in [2.24, 2.45) is 0 Å². The zero-order valence-electron chi connectivity index (χ0n) is 20.6. The molecule has 0 saturated carbocycles. The summed E-state index contributed by atoms with van der Waals surface area (Å²) < 4.78 is 40.3. The summed E-state index contributed by atoms with van der Waals surface area (Å²) in [5, 5.41) is 3.86. The second-order valence-electron chi connectivity index (χ2n) is 7.33. The Morgan fingerprint density at radius 3 is 2.33 bits per heavy atom. The zero-order chi connectivity index (χ0) is 27.6. The summed E-state index contributed by atoms with van der Waals surface area (Å²) in [5.41, 5.74) is 0.864. The van der Waals surface area contributed by atoms with Gasteiger partial charge in [0.05, 0.1) is 4.88 Å². The highest BCUT2D eigenvalue weighted by Gasteiger charge is 2.37. The van der Waals surface area contributed by atoms with Crippen LogP contribution >= 0.6 is 46.1 Å². The molecule has 0 aliphatic carbocycles. The first-order valence-corrected chi connectivity index (χ1v) is 13.2. The fraction of sp³-hybridized carbons (Fsp3) is 0.440. The van der Waals surface area contributed by atoms with Gasteiger partial charge in [-0.3, -0.25) is 9.88 Å². The molecule has 36 heavy (non-hydrogen) atoms. The van der Waals surface area contributed by atoms with Gasteiger partial charge < -0.3 is 5.32 Å². The number of terminal acetylenes is 1. The van der Waals surface area contributed by atoms with Gasteiger partial charge in [-0.05, 0) is 50.1 Å². The van der Waals surface area contributed by atoms with E-state index in [1.807, 2.05) is 24.0 Å². The van der Waals surface area contributed by atoms with Gasteiger partial charge >= 0.3 is 6.18 Å². The van der Waals surface area contributed by atoms with Crippen LogP contribution in [0.4, 0.5) is 18.3 Å². The molecule has 0 unspecified atom stereocenters. The third kappa shape index (κ3) is 15.4. The molecule has 0 saturated heterocycles. The molecule has 0 aliphatic rings. The number of halogens is 6. The topological polar surface area (TPSA) is 41.1 Å². The molecule has 0 radical (unpaired) electrons. The maximum Gasteiger partial charge on any atom is 0.434 e. The smallest absolute Gasteiger partial charge is 0.358 e. The molecule has 2 rings (SSSR count). The number of hydrogen-bond acceptors (Lipinski definition) is 5. The Morgan fingerprint density at radius 1 is 1.28 bits per heavy atom. The lowest BCUT2D eigenvalue weighted by molar-refractivity contribution is -0.141. The van der Waals surface area contributed by atoms with Gasteiger partial charge in [-0.15, -0.1) is 46.9 Å². The summed E-state index contributed by atoms with van der Waals surface area (Å²) in [6, 6.07) is 3.73. The number of anilines is 1. The van der Waals surface area contributed by atoms with E-state index in [4.69, 9.17) is 34.8 Å². The van der Waals surface area contributed by atoms with Gasteiger partial charge in [0.15, 0.2) is 10.8 Å². The molecule has 1 N–H and O–H groups in total. The standard InChI is InChI=1S/C18H22ClF3N4S.C4H6Cl2.C3H4/c1-3-8-26(11-14-4-6-23-7-5-14)12-15-16(18(20,21)22)25-17(27-15)24-10-13(2)9-19;1-4(6)2-3-5;1-3-2/h4-7H,2-3,8-12H2,1H3,(H,24,25);2H,3H2,1H3;1H,2H3/b;4-2+;. The number of pyridine rings is 1. The summed E-state index contributed by atoms with van der Waals surface area (Å²) >= 11 is 17.3. The zero-order valence-corrected chi connectivity index (χ0v) is 23.7. The summed E-state index contributed by atoms with van der Waals surface area (Å²) in [6.45, 7) is 10.9. The van der Waals surface area contributed by atoms with E-state index in [9.17, 15) is 13.2 Å². The van der Waals surface area contributed by atoms with E-state index in [-0.39, 0.29) is 22.4 Å². The number of thiazole rings is 1. The minimum absolute atomic E-state index is 0.181. The molecule has 4 nitrogen and oxygen atoms in total. The van der Waals surface area contributed by atoms with Gasteiger partial charge in [-0.1, -0.05) is 31.2 Å². The van der Waals surface area contributed by atoms with Gasteiger partial charge in [0.2, 0.25) is 0 Å². The van der Waals surface area contributed by atoms with Crippen LogP contribution < -0.4 is 5.32 Å². The van der Waals surface area contributed by atoms with Gasteiger partial charge in [0.25, 0.3) is 0 Å². The van der Waals surface area contributed by atoms with Crippen LogP contribution in [0, 0.1) is 12.3 Å². The van der Waals surface area contributed by atoms with Crippen LogP contribution in [0.2, 0.25) is 0 Å². The number of rotatable bonds is 11.